The summed E-state index contributed by atoms with van der Waals surface area (Å²) < 4.78 is 1.26. The molecule has 0 bridgehead atoms. The molecular weight excluding hydrogens is 322 g/mol. The second-order valence-corrected chi connectivity index (χ2v) is 7.32. The van der Waals surface area contributed by atoms with Gasteiger partial charge in [-0.2, -0.15) is 0 Å². The fraction of sp³-hybridized carbons (Fsp3) is 0.684. The van der Waals surface area contributed by atoms with Crippen LogP contribution in [0.2, 0.25) is 0 Å². The highest BCUT2D eigenvalue weighted by Gasteiger charge is 2.22. The van der Waals surface area contributed by atoms with E-state index in [1.165, 1.54) is 61.4 Å². The molecule has 2 rings (SSSR count). The Labute approximate surface area is 139 Å². The zero-order chi connectivity index (χ0) is 14.9. The summed E-state index contributed by atoms with van der Waals surface area (Å²) in [6.45, 7) is 3.41. The smallest absolute Gasteiger partial charge is 0.0207 e. The molecule has 0 spiro atoms. The summed E-state index contributed by atoms with van der Waals surface area (Å²) in [6, 6.07) is 9.35. The van der Waals surface area contributed by atoms with Gasteiger partial charge in [0.15, 0.2) is 0 Å². The van der Waals surface area contributed by atoms with E-state index in [0.29, 0.717) is 6.04 Å². The summed E-state index contributed by atoms with van der Waals surface area (Å²) in [5.41, 5.74) is 1.45. The molecule has 2 heteroatoms. The first-order chi connectivity index (χ1) is 10.3. The van der Waals surface area contributed by atoms with E-state index in [9.17, 15) is 0 Å². The highest BCUT2D eigenvalue weighted by Crippen LogP contribution is 2.28. The fourth-order valence-corrected chi connectivity index (χ4v) is 3.97. The molecule has 1 unspecified atom stereocenters. The predicted octanol–water partition coefficient (Wildman–Crippen LogP) is 5.72. The van der Waals surface area contributed by atoms with E-state index in [2.05, 4.69) is 52.4 Å². The maximum atomic E-state index is 3.84. The van der Waals surface area contributed by atoms with Crippen molar-refractivity contribution in [1.29, 1.82) is 0 Å². The lowest BCUT2D eigenvalue weighted by Gasteiger charge is -2.30. The number of hydrogen-bond acceptors (Lipinski definition) is 1. The van der Waals surface area contributed by atoms with Crippen LogP contribution in [0.15, 0.2) is 28.7 Å². The van der Waals surface area contributed by atoms with Crippen LogP contribution in [0.25, 0.3) is 0 Å². The summed E-state index contributed by atoms with van der Waals surface area (Å²) >= 11 is 3.72. The molecule has 1 aromatic rings. The average molecular weight is 352 g/mol. The Bertz CT molecular complexity index is 396. The highest BCUT2D eigenvalue weighted by molar-refractivity contribution is 9.10. The SMILES string of the molecule is CCCNC(Cc1ccccc1Br)C1CCCCCCC1. The predicted molar refractivity (Wildman–Crippen MR) is 95.7 cm³/mol. The van der Waals surface area contributed by atoms with Crippen molar-refractivity contribution in [3.8, 4) is 0 Å². The third kappa shape index (κ3) is 5.75. The van der Waals surface area contributed by atoms with Gasteiger partial charge in [-0.15, -0.1) is 0 Å². The van der Waals surface area contributed by atoms with Crippen LogP contribution in [0.1, 0.15) is 63.9 Å². The van der Waals surface area contributed by atoms with Crippen LogP contribution >= 0.6 is 15.9 Å². The number of benzene rings is 1. The van der Waals surface area contributed by atoms with Gasteiger partial charge in [0.1, 0.15) is 0 Å². The Morgan fingerprint density at radius 3 is 2.43 bits per heavy atom. The van der Waals surface area contributed by atoms with E-state index in [1.807, 2.05) is 0 Å². The second kappa shape index (κ2) is 9.63. The van der Waals surface area contributed by atoms with Gasteiger partial charge in [-0.25, -0.2) is 0 Å². The molecule has 118 valence electrons. The average Bonchev–Trinajstić information content (AvgIpc) is 2.45. The standard InChI is InChI=1S/C19H30BrN/c1-2-14-21-19(15-17-12-8-9-13-18(17)20)16-10-6-4-3-5-7-11-16/h8-9,12-13,16,19,21H,2-7,10-11,14-15H2,1H3. The second-order valence-electron chi connectivity index (χ2n) is 6.46. The fourth-order valence-electron chi connectivity index (χ4n) is 3.53. The van der Waals surface area contributed by atoms with Crippen LogP contribution < -0.4 is 5.32 Å². The molecule has 1 fully saturated rings. The molecule has 0 aliphatic heterocycles. The molecule has 1 nitrogen and oxygen atoms in total. The van der Waals surface area contributed by atoms with Gasteiger partial charge in [-0.1, -0.05) is 73.2 Å². The van der Waals surface area contributed by atoms with E-state index in [1.54, 1.807) is 0 Å². The van der Waals surface area contributed by atoms with Crippen molar-refractivity contribution in [2.24, 2.45) is 5.92 Å². The van der Waals surface area contributed by atoms with E-state index in [4.69, 9.17) is 0 Å². The van der Waals surface area contributed by atoms with Crippen LogP contribution in [-0.4, -0.2) is 12.6 Å². The molecule has 0 aromatic heterocycles. The minimum atomic E-state index is 0.641. The van der Waals surface area contributed by atoms with Gasteiger partial charge in [0.2, 0.25) is 0 Å². The van der Waals surface area contributed by atoms with Crippen molar-refractivity contribution in [1.82, 2.24) is 5.32 Å². The van der Waals surface area contributed by atoms with Gasteiger partial charge in [0.25, 0.3) is 0 Å². The third-order valence-corrected chi connectivity index (χ3v) is 5.55. The largest absolute Gasteiger partial charge is 0.313 e. The molecule has 1 aromatic carbocycles. The zero-order valence-corrected chi connectivity index (χ0v) is 15.0. The minimum Gasteiger partial charge on any atom is -0.313 e. The quantitative estimate of drug-likeness (QED) is 0.690. The zero-order valence-electron chi connectivity index (χ0n) is 13.4. The first-order valence-electron chi connectivity index (χ1n) is 8.78. The molecular formula is C19H30BrN. The molecule has 0 amide bonds. The Morgan fingerprint density at radius 1 is 1.10 bits per heavy atom. The topological polar surface area (TPSA) is 12.0 Å². The lowest BCUT2D eigenvalue weighted by molar-refractivity contribution is 0.283. The van der Waals surface area contributed by atoms with E-state index < -0.39 is 0 Å². The lowest BCUT2D eigenvalue weighted by Crippen LogP contribution is -2.39. The summed E-state index contributed by atoms with van der Waals surface area (Å²) in [5, 5.41) is 3.84. The van der Waals surface area contributed by atoms with Crippen LogP contribution in [0.5, 0.6) is 0 Å². The van der Waals surface area contributed by atoms with Crippen molar-refractivity contribution < 1.29 is 0 Å². The first kappa shape index (κ1) is 17.0. The summed E-state index contributed by atoms with van der Waals surface area (Å²) in [7, 11) is 0. The van der Waals surface area contributed by atoms with E-state index in [-0.39, 0.29) is 0 Å². The summed E-state index contributed by atoms with van der Waals surface area (Å²) in [4.78, 5) is 0. The molecule has 1 saturated carbocycles. The monoisotopic (exact) mass is 351 g/mol. The highest BCUT2D eigenvalue weighted by atomic mass is 79.9. The lowest BCUT2D eigenvalue weighted by atomic mass is 9.83. The van der Waals surface area contributed by atoms with E-state index >= 15 is 0 Å². The van der Waals surface area contributed by atoms with Crippen LogP contribution in [0.4, 0.5) is 0 Å². The third-order valence-electron chi connectivity index (χ3n) is 4.77. The normalized spacial score (nSPS) is 19.0. The maximum absolute atomic E-state index is 3.84. The molecule has 1 atom stereocenters. The van der Waals surface area contributed by atoms with Gasteiger partial charge in [0, 0.05) is 10.5 Å². The molecule has 1 aliphatic carbocycles. The number of halogens is 1. The number of nitrogens with one attached hydrogen (secondary N) is 1. The Hall–Kier alpha value is -0.340. The van der Waals surface area contributed by atoms with Crippen molar-refractivity contribution in [2.75, 3.05) is 6.54 Å². The molecule has 21 heavy (non-hydrogen) atoms. The summed E-state index contributed by atoms with van der Waals surface area (Å²) in [6.07, 6.45) is 12.4. The molecule has 1 aliphatic rings. The Morgan fingerprint density at radius 2 is 1.76 bits per heavy atom. The van der Waals surface area contributed by atoms with Crippen molar-refractivity contribution in [2.45, 2.75) is 70.8 Å². The van der Waals surface area contributed by atoms with Crippen molar-refractivity contribution in [3.63, 3.8) is 0 Å². The van der Waals surface area contributed by atoms with Gasteiger partial charge < -0.3 is 5.32 Å². The minimum absolute atomic E-state index is 0.641. The first-order valence-corrected chi connectivity index (χ1v) is 9.57. The van der Waals surface area contributed by atoms with Crippen LogP contribution in [-0.2, 0) is 6.42 Å². The Balaban J connectivity index is 2.03. The molecule has 0 saturated heterocycles. The number of rotatable bonds is 6. The molecule has 0 radical (unpaired) electrons. The Kier molecular flexibility index (Phi) is 7.81. The van der Waals surface area contributed by atoms with Gasteiger partial charge in [-0.05, 0) is 49.8 Å². The number of hydrogen-bond donors (Lipinski definition) is 1. The molecule has 1 N–H and O–H groups in total. The molecule has 0 heterocycles. The van der Waals surface area contributed by atoms with Crippen molar-refractivity contribution >= 4 is 15.9 Å². The maximum Gasteiger partial charge on any atom is 0.0207 e. The van der Waals surface area contributed by atoms with Gasteiger partial charge >= 0.3 is 0 Å². The van der Waals surface area contributed by atoms with Crippen LogP contribution in [0.3, 0.4) is 0 Å². The van der Waals surface area contributed by atoms with Crippen molar-refractivity contribution in [3.05, 3.63) is 34.3 Å². The van der Waals surface area contributed by atoms with Gasteiger partial charge in [0.05, 0.1) is 0 Å². The van der Waals surface area contributed by atoms with E-state index in [0.717, 1.165) is 18.9 Å². The van der Waals surface area contributed by atoms with Crippen LogP contribution in [0, 0.1) is 5.92 Å². The van der Waals surface area contributed by atoms with Gasteiger partial charge in [-0.3, -0.25) is 0 Å². The summed E-state index contributed by atoms with van der Waals surface area (Å²) in [5.74, 6) is 0.851.